The van der Waals surface area contributed by atoms with Crippen LogP contribution >= 0.6 is 11.3 Å². The molecular weight excluding hydrogens is 450 g/mol. The Labute approximate surface area is 200 Å². The van der Waals surface area contributed by atoms with E-state index in [1.165, 1.54) is 11.3 Å². The molecule has 2 aromatic carbocycles. The third-order valence-corrected chi connectivity index (χ3v) is 7.29. The predicted molar refractivity (Wildman–Crippen MR) is 135 cm³/mol. The summed E-state index contributed by atoms with van der Waals surface area (Å²) in [5.74, 6) is -0.852. The smallest absolute Gasteiger partial charge is 0.349 e. The van der Waals surface area contributed by atoms with E-state index in [1.54, 1.807) is 31.2 Å². The number of hydrogen-bond acceptors (Lipinski definition) is 6. The predicted octanol–water partition coefficient (Wildman–Crippen LogP) is 4.74. The molecule has 2 aromatic heterocycles. The van der Waals surface area contributed by atoms with Crippen molar-refractivity contribution in [2.24, 2.45) is 0 Å². The maximum atomic E-state index is 13.3. The molecular formula is C26H25N3O4S. The van der Waals surface area contributed by atoms with Crippen LogP contribution in [-0.2, 0) is 12.8 Å². The number of hydrogen-bond donors (Lipinski definition) is 2. The van der Waals surface area contributed by atoms with Gasteiger partial charge in [0.05, 0.1) is 5.56 Å². The van der Waals surface area contributed by atoms with E-state index in [2.05, 4.69) is 10.7 Å². The Kier molecular flexibility index (Phi) is 5.93. The molecule has 0 aliphatic heterocycles. The van der Waals surface area contributed by atoms with Gasteiger partial charge in [0, 0.05) is 24.4 Å². The minimum atomic E-state index is -0.710. The van der Waals surface area contributed by atoms with Gasteiger partial charge in [-0.25, -0.2) is 9.80 Å². The minimum absolute atomic E-state index is 0.0913. The number of aryl methyl sites for hydroxylation is 1. The van der Waals surface area contributed by atoms with Gasteiger partial charge in [-0.1, -0.05) is 36.8 Å². The molecule has 0 unspecified atom stereocenters. The molecule has 5 rings (SSSR count). The molecule has 8 heteroatoms. The highest BCUT2D eigenvalue weighted by Gasteiger charge is 2.27. The summed E-state index contributed by atoms with van der Waals surface area (Å²) in [6, 6.07) is 12.9. The summed E-state index contributed by atoms with van der Waals surface area (Å²) in [6.45, 7) is 0. The number of thiophene rings is 1. The van der Waals surface area contributed by atoms with Gasteiger partial charge in [-0.15, -0.1) is 11.3 Å². The zero-order valence-corrected chi connectivity index (χ0v) is 19.9. The minimum Gasteiger partial charge on any atom is -0.422 e. The van der Waals surface area contributed by atoms with Gasteiger partial charge in [-0.3, -0.25) is 15.0 Å². The summed E-state index contributed by atoms with van der Waals surface area (Å²) in [6.07, 6.45) is 4.84. The van der Waals surface area contributed by atoms with Crippen molar-refractivity contribution in [2.45, 2.75) is 32.1 Å². The Morgan fingerprint density at radius 2 is 1.76 bits per heavy atom. The van der Waals surface area contributed by atoms with Gasteiger partial charge < -0.3 is 9.73 Å². The van der Waals surface area contributed by atoms with Crippen molar-refractivity contribution in [1.82, 2.24) is 10.4 Å². The summed E-state index contributed by atoms with van der Waals surface area (Å²) in [4.78, 5) is 40.1. The molecule has 4 aromatic rings. The van der Waals surface area contributed by atoms with E-state index in [1.807, 2.05) is 30.3 Å². The summed E-state index contributed by atoms with van der Waals surface area (Å²) in [7, 11) is 3.48. The Hall–Kier alpha value is -3.49. The third-order valence-electron chi connectivity index (χ3n) is 6.09. The van der Waals surface area contributed by atoms with Crippen LogP contribution in [0.3, 0.4) is 0 Å². The first kappa shape index (κ1) is 22.3. The molecule has 2 N–H and O–H groups in total. The Morgan fingerprint density at radius 1 is 0.971 bits per heavy atom. The molecule has 2 amide bonds. The number of carbonyl (C=O) groups excluding carboxylic acids is 2. The number of amides is 2. The number of fused-ring (bicyclic) bond motifs is 4. The normalized spacial score (nSPS) is 13.6. The molecule has 34 heavy (non-hydrogen) atoms. The monoisotopic (exact) mass is 475 g/mol. The van der Waals surface area contributed by atoms with Crippen molar-refractivity contribution in [2.75, 3.05) is 19.4 Å². The second-order valence-corrected chi connectivity index (χ2v) is 9.81. The highest BCUT2D eigenvalue weighted by molar-refractivity contribution is 7.17. The van der Waals surface area contributed by atoms with Crippen molar-refractivity contribution in [1.29, 1.82) is 0 Å². The topological polar surface area (TPSA) is 91.7 Å². The molecule has 174 valence electrons. The fourth-order valence-electron chi connectivity index (χ4n) is 4.53. The average Bonchev–Trinajstić information content (AvgIpc) is 2.98. The highest BCUT2D eigenvalue weighted by Crippen LogP contribution is 2.38. The van der Waals surface area contributed by atoms with Crippen LogP contribution < -0.4 is 16.4 Å². The summed E-state index contributed by atoms with van der Waals surface area (Å²) in [5.41, 5.74) is 3.90. The maximum Gasteiger partial charge on any atom is 0.349 e. The van der Waals surface area contributed by atoms with Crippen molar-refractivity contribution >= 4 is 49.9 Å². The van der Waals surface area contributed by atoms with Gasteiger partial charge in [0.1, 0.15) is 16.1 Å². The van der Waals surface area contributed by atoms with Gasteiger partial charge in [-0.2, -0.15) is 0 Å². The third kappa shape index (κ3) is 4.10. The molecule has 0 fully saturated rings. The summed E-state index contributed by atoms with van der Waals surface area (Å²) in [5, 5.41) is 7.47. The van der Waals surface area contributed by atoms with Crippen LogP contribution in [-0.4, -0.2) is 30.9 Å². The summed E-state index contributed by atoms with van der Waals surface area (Å²) >= 11 is 1.42. The van der Waals surface area contributed by atoms with E-state index in [-0.39, 0.29) is 11.5 Å². The lowest BCUT2D eigenvalue weighted by Crippen LogP contribution is -2.37. The number of nitrogens with zero attached hydrogens (tertiary/aromatic N) is 1. The van der Waals surface area contributed by atoms with Crippen molar-refractivity contribution in [3.63, 3.8) is 0 Å². The first-order chi connectivity index (χ1) is 16.4. The lowest BCUT2D eigenvalue weighted by atomic mass is 10.0. The fraction of sp³-hybridized carbons (Fsp3) is 0.269. The average molecular weight is 476 g/mol. The van der Waals surface area contributed by atoms with Crippen LogP contribution in [0.2, 0.25) is 0 Å². The van der Waals surface area contributed by atoms with Crippen LogP contribution in [0.25, 0.3) is 21.7 Å². The number of rotatable bonds is 4. The lowest BCUT2D eigenvalue weighted by molar-refractivity contribution is 0.0857. The number of nitrogens with one attached hydrogen (secondary N) is 2. The highest BCUT2D eigenvalue weighted by atomic mass is 32.1. The van der Waals surface area contributed by atoms with E-state index in [9.17, 15) is 14.4 Å². The molecule has 0 saturated heterocycles. The number of hydrazine groups is 1. The molecule has 0 saturated carbocycles. The van der Waals surface area contributed by atoms with Crippen LogP contribution in [0.4, 0.5) is 5.00 Å². The molecule has 0 radical (unpaired) electrons. The molecule has 0 spiro atoms. The van der Waals surface area contributed by atoms with Crippen molar-refractivity contribution in [3.8, 4) is 0 Å². The standard InChI is InChI=1S/C26H25N3O4S/c1-29(2)28-24(31)22-17-10-4-3-5-11-21(17)34-25(22)27-23(30)19-14-18-16-9-7-6-8-15(16)12-13-20(18)33-26(19)32/h6-9,12-14H,3-5,10-11H2,1-2H3,(H,27,30)(H,28,31). The number of carbonyl (C=O) groups is 2. The van der Waals surface area contributed by atoms with Gasteiger partial charge >= 0.3 is 5.63 Å². The van der Waals surface area contributed by atoms with E-state index >= 15 is 0 Å². The summed E-state index contributed by atoms with van der Waals surface area (Å²) < 4.78 is 5.49. The van der Waals surface area contributed by atoms with E-state index < -0.39 is 11.5 Å². The van der Waals surface area contributed by atoms with Gasteiger partial charge in [0.15, 0.2) is 0 Å². The zero-order chi connectivity index (χ0) is 23.8. The largest absolute Gasteiger partial charge is 0.422 e. The lowest BCUT2D eigenvalue weighted by Gasteiger charge is -2.14. The first-order valence-corrected chi connectivity index (χ1v) is 12.1. The second kappa shape index (κ2) is 9.04. The number of anilines is 1. The van der Waals surface area contributed by atoms with Crippen molar-refractivity contribution < 1.29 is 14.0 Å². The van der Waals surface area contributed by atoms with E-state index in [0.29, 0.717) is 21.5 Å². The first-order valence-electron chi connectivity index (χ1n) is 11.3. The van der Waals surface area contributed by atoms with Crippen molar-refractivity contribution in [3.05, 3.63) is 74.5 Å². The van der Waals surface area contributed by atoms with Gasteiger partial charge in [0.25, 0.3) is 11.8 Å². The molecule has 1 aliphatic carbocycles. The van der Waals surface area contributed by atoms with Crippen LogP contribution in [0, 0.1) is 0 Å². The fourth-order valence-corrected chi connectivity index (χ4v) is 5.81. The molecule has 0 atom stereocenters. The van der Waals surface area contributed by atoms with E-state index in [4.69, 9.17) is 4.42 Å². The van der Waals surface area contributed by atoms with Crippen LogP contribution in [0.5, 0.6) is 0 Å². The molecule has 1 aliphatic rings. The van der Waals surface area contributed by atoms with Gasteiger partial charge in [-0.05, 0) is 54.2 Å². The Morgan fingerprint density at radius 3 is 2.59 bits per heavy atom. The SMILES string of the molecule is CN(C)NC(=O)c1c(NC(=O)c2cc3c(ccc4ccccc43)oc2=O)sc2c1CCCCC2. The van der Waals surface area contributed by atoms with Crippen LogP contribution in [0.1, 0.15) is 50.4 Å². The maximum absolute atomic E-state index is 13.3. The Balaban J connectivity index is 1.57. The quantitative estimate of drug-likeness (QED) is 0.193. The molecule has 0 bridgehead atoms. The van der Waals surface area contributed by atoms with Gasteiger partial charge in [0.2, 0.25) is 0 Å². The molecule has 2 heterocycles. The number of benzene rings is 2. The second-order valence-electron chi connectivity index (χ2n) is 8.70. The molecule has 7 nitrogen and oxygen atoms in total. The van der Waals surface area contributed by atoms with E-state index in [0.717, 1.165) is 53.3 Å². The Bertz CT molecular complexity index is 1480. The zero-order valence-electron chi connectivity index (χ0n) is 19.1. The van der Waals surface area contributed by atoms with Crippen LogP contribution in [0.15, 0.2) is 51.7 Å².